The first-order valence-corrected chi connectivity index (χ1v) is 10.6. The molecule has 0 radical (unpaired) electrons. The number of alkyl halides is 6. The van der Waals surface area contributed by atoms with Crippen LogP contribution in [0.15, 0.2) is 36.4 Å². The standard InChI is InChI=1S/C10H8F3IO.C7H5F3IN.C2H3ClO/c1-6(15)4-7-2-3-8(5-9(7)14)10(11,12)13;8-7(9,10)4-1-2-6(12)5(11)3-4;1-2(3)4/h2-3,5H,4H2,1H3;1-3H,12H2;1H3. The average Bonchev–Trinajstić information content (AvgIpc) is 2.57. The summed E-state index contributed by atoms with van der Waals surface area (Å²) in [4.78, 5) is 20.0. The third kappa shape index (κ3) is 12.5. The fourth-order valence-corrected chi connectivity index (χ4v) is 3.06. The number of nitrogens with two attached hydrogens (primary N) is 1. The minimum absolute atomic E-state index is 0.0623. The molecular weight excluding hydrogens is 677 g/mol. The Morgan fingerprint density at radius 1 is 0.871 bits per heavy atom. The maximum atomic E-state index is 12.3. The summed E-state index contributed by atoms with van der Waals surface area (Å²) in [6, 6.07) is 6.66. The lowest BCUT2D eigenvalue weighted by molar-refractivity contribution is -0.138. The van der Waals surface area contributed by atoms with Gasteiger partial charge in [-0.2, -0.15) is 26.3 Å². The molecule has 0 spiro atoms. The molecule has 0 aliphatic carbocycles. The van der Waals surface area contributed by atoms with E-state index in [9.17, 15) is 35.9 Å². The molecule has 0 aliphatic heterocycles. The van der Waals surface area contributed by atoms with Gasteiger partial charge in [0.25, 0.3) is 0 Å². The van der Waals surface area contributed by atoms with E-state index in [-0.39, 0.29) is 17.4 Å². The summed E-state index contributed by atoms with van der Waals surface area (Å²) < 4.78 is 73.9. The van der Waals surface area contributed by atoms with Crippen LogP contribution in [-0.4, -0.2) is 11.0 Å². The maximum Gasteiger partial charge on any atom is 0.416 e. The van der Waals surface area contributed by atoms with E-state index in [1.54, 1.807) is 22.6 Å². The van der Waals surface area contributed by atoms with E-state index in [0.717, 1.165) is 24.3 Å². The van der Waals surface area contributed by atoms with Crippen molar-refractivity contribution >= 4 is 73.5 Å². The molecule has 0 aromatic heterocycles. The quantitative estimate of drug-likeness (QED) is 0.158. The van der Waals surface area contributed by atoms with Crippen LogP contribution >= 0.6 is 56.8 Å². The van der Waals surface area contributed by atoms with Gasteiger partial charge in [-0.1, -0.05) is 6.07 Å². The zero-order chi connectivity index (χ0) is 24.6. The van der Waals surface area contributed by atoms with Crippen LogP contribution < -0.4 is 5.73 Å². The number of hydrogen-bond donors (Lipinski definition) is 1. The lowest BCUT2D eigenvalue weighted by atomic mass is 10.1. The monoisotopic (exact) mass is 693 g/mol. The molecule has 0 unspecified atom stereocenters. The van der Waals surface area contributed by atoms with Crippen molar-refractivity contribution < 1.29 is 35.9 Å². The molecule has 2 rings (SSSR count). The number of Topliss-reactive ketones (excluding diaryl/α,β-unsaturated/α-hetero) is 1. The molecule has 0 aliphatic rings. The van der Waals surface area contributed by atoms with Crippen LogP contribution in [0, 0.1) is 7.14 Å². The number of halogens is 9. The van der Waals surface area contributed by atoms with E-state index < -0.39 is 23.5 Å². The van der Waals surface area contributed by atoms with Crippen molar-refractivity contribution in [3.8, 4) is 0 Å². The minimum atomic E-state index is -4.32. The Kier molecular flexibility index (Phi) is 12.4. The van der Waals surface area contributed by atoms with Gasteiger partial charge in [0.2, 0.25) is 5.24 Å². The molecule has 0 fully saturated rings. The van der Waals surface area contributed by atoms with Gasteiger partial charge in [-0.15, -0.1) is 0 Å². The molecule has 3 nitrogen and oxygen atoms in total. The molecule has 31 heavy (non-hydrogen) atoms. The SMILES string of the molecule is CC(=O)Cc1ccc(C(F)(F)F)cc1I.CC(=O)Cl.Nc1ccc(C(F)(F)F)cc1I. The van der Waals surface area contributed by atoms with Crippen LogP contribution in [0.3, 0.4) is 0 Å². The number of ketones is 1. The van der Waals surface area contributed by atoms with Gasteiger partial charge in [-0.05, 0) is 99.6 Å². The molecule has 2 N–H and O–H groups in total. The Hall–Kier alpha value is -1.09. The van der Waals surface area contributed by atoms with Crippen LogP contribution in [0.25, 0.3) is 0 Å². The van der Waals surface area contributed by atoms with Gasteiger partial charge in [0.1, 0.15) is 5.78 Å². The lowest BCUT2D eigenvalue weighted by Gasteiger charge is -2.09. The zero-order valence-corrected chi connectivity index (χ0v) is 21.0. The predicted molar refractivity (Wildman–Crippen MR) is 124 cm³/mol. The van der Waals surface area contributed by atoms with Crippen LogP contribution in [0.1, 0.15) is 30.5 Å². The van der Waals surface area contributed by atoms with Crippen molar-refractivity contribution in [2.24, 2.45) is 0 Å². The summed E-state index contributed by atoms with van der Waals surface area (Å²) in [7, 11) is 0. The van der Waals surface area contributed by atoms with E-state index in [0.29, 0.717) is 18.4 Å². The third-order valence-electron chi connectivity index (χ3n) is 3.15. The molecule has 0 amide bonds. The van der Waals surface area contributed by atoms with E-state index in [1.165, 1.54) is 26.0 Å². The number of nitrogen functional groups attached to an aromatic ring is 1. The summed E-state index contributed by atoms with van der Waals surface area (Å²) in [5, 5.41) is -0.361. The fraction of sp³-hybridized carbons (Fsp3) is 0.263. The number of hydrogen-bond acceptors (Lipinski definition) is 3. The van der Waals surface area contributed by atoms with Gasteiger partial charge in [0.15, 0.2) is 0 Å². The average molecular weight is 694 g/mol. The highest BCUT2D eigenvalue weighted by molar-refractivity contribution is 14.1. The van der Waals surface area contributed by atoms with Crippen molar-refractivity contribution in [1.82, 2.24) is 0 Å². The number of anilines is 1. The van der Waals surface area contributed by atoms with Gasteiger partial charge in [-0.25, -0.2) is 0 Å². The van der Waals surface area contributed by atoms with Gasteiger partial charge >= 0.3 is 12.4 Å². The van der Waals surface area contributed by atoms with Crippen molar-refractivity contribution in [1.29, 1.82) is 0 Å². The molecule has 2 aromatic carbocycles. The van der Waals surface area contributed by atoms with Crippen LogP contribution in [0.4, 0.5) is 32.0 Å². The Morgan fingerprint density at radius 3 is 1.58 bits per heavy atom. The van der Waals surface area contributed by atoms with Gasteiger partial charge in [-0.3, -0.25) is 9.59 Å². The number of benzene rings is 2. The van der Waals surface area contributed by atoms with Gasteiger partial charge < -0.3 is 5.73 Å². The first-order valence-electron chi connectivity index (χ1n) is 8.08. The van der Waals surface area contributed by atoms with E-state index in [2.05, 4.69) is 11.6 Å². The first kappa shape index (κ1) is 29.9. The van der Waals surface area contributed by atoms with Crippen LogP contribution in [-0.2, 0) is 28.4 Å². The van der Waals surface area contributed by atoms with E-state index >= 15 is 0 Å². The summed E-state index contributed by atoms with van der Waals surface area (Å²) in [6.45, 7) is 2.70. The third-order valence-corrected chi connectivity index (χ3v) is 5.09. The minimum Gasteiger partial charge on any atom is -0.398 e. The number of rotatable bonds is 2. The van der Waals surface area contributed by atoms with Crippen molar-refractivity contribution in [3.63, 3.8) is 0 Å². The smallest absolute Gasteiger partial charge is 0.398 e. The highest BCUT2D eigenvalue weighted by Crippen LogP contribution is 2.32. The second kappa shape index (κ2) is 12.8. The summed E-state index contributed by atoms with van der Waals surface area (Å²) in [6.07, 6.45) is -8.43. The van der Waals surface area contributed by atoms with Gasteiger partial charge in [0.05, 0.1) is 11.1 Å². The molecular formula is C19H16ClF6I2NO2. The lowest BCUT2D eigenvalue weighted by Crippen LogP contribution is -2.07. The predicted octanol–water partition coefficient (Wildman–Crippen LogP) is 7.11. The number of carbonyl (C=O) groups excluding carboxylic acids is 2. The molecule has 0 saturated carbocycles. The molecule has 0 bridgehead atoms. The molecule has 0 heterocycles. The summed E-state index contributed by atoms with van der Waals surface area (Å²) >= 11 is 8.21. The molecule has 12 heteroatoms. The zero-order valence-electron chi connectivity index (χ0n) is 16.0. The molecule has 172 valence electrons. The van der Waals surface area contributed by atoms with E-state index in [4.69, 9.17) is 5.73 Å². The maximum absolute atomic E-state index is 12.3. The normalized spacial score (nSPS) is 10.9. The van der Waals surface area contributed by atoms with Crippen LogP contribution in [0.5, 0.6) is 0 Å². The summed E-state index contributed by atoms with van der Waals surface area (Å²) in [5.74, 6) is -0.0623. The number of carbonyl (C=O) groups is 2. The Balaban J connectivity index is 0.000000504. The largest absolute Gasteiger partial charge is 0.416 e. The first-order chi connectivity index (χ1) is 13.9. The Morgan fingerprint density at radius 2 is 1.26 bits per heavy atom. The molecule has 2 aromatic rings. The second-order valence-corrected chi connectivity index (χ2v) is 8.74. The Labute approximate surface area is 207 Å². The molecule has 0 atom stereocenters. The fourth-order valence-electron chi connectivity index (χ4n) is 1.84. The summed E-state index contributed by atoms with van der Waals surface area (Å²) in [5.41, 5.74) is 5.01. The van der Waals surface area contributed by atoms with Gasteiger partial charge in [0, 0.05) is 26.2 Å². The van der Waals surface area contributed by atoms with Crippen molar-refractivity contribution in [3.05, 3.63) is 60.2 Å². The topological polar surface area (TPSA) is 60.2 Å². The Bertz CT molecular complexity index is 913. The van der Waals surface area contributed by atoms with E-state index in [1.807, 2.05) is 22.6 Å². The van der Waals surface area contributed by atoms with Crippen molar-refractivity contribution in [2.45, 2.75) is 32.6 Å². The highest BCUT2D eigenvalue weighted by Gasteiger charge is 2.31. The van der Waals surface area contributed by atoms with Crippen LogP contribution in [0.2, 0.25) is 0 Å². The highest BCUT2D eigenvalue weighted by atomic mass is 127. The second-order valence-electron chi connectivity index (χ2n) is 5.89. The van der Waals surface area contributed by atoms with Crippen molar-refractivity contribution in [2.75, 3.05) is 5.73 Å². The molecule has 0 saturated heterocycles.